The van der Waals surface area contributed by atoms with Gasteiger partial charge < -0.3 is 24.3 Å². The Bertz CT molecular complexity index is 478. The molecule has 1 saturated heterocycles. The summed E-state index contributed by atoms with van der Waals surface area (Å²) >= 11 is 0. The Morgan fingerprint density at radius 3 is 2.81 bits per heavy atom. The van der Waals surface area contributed by atoms with Crippen molar-refractivity contribution in [2.45, 2.75) is 25.4 Å². The van der Waals surface area contributed by atoms with E-state index < -0.39 is 11.9 Å². The molecule has 21 heavy (non-hydrogen) atoms. The molecule has 2 heterocycles. The summed E-state index contributed by atoms with van der Waals surface area (Å²) in [6, 6.07) is 1.20. The highest BCUT2D eigenvalue weighted by atomic mass is 16.5. The Labute approximate surface area is 122 Å². The number of carbonyl (C=O) groups excluding carboxylic acids is 1. The van der Waals surface area contributed by atoms with Gasteiger partial charge in [0.05, 0.1) is 11.7 Å². The van der Waals surface area contributed by atoms with Crippen LogP contribution < -0.4 is 5.32 Å². The quantitative estimate of drug-likeness (QED) is 0.736. The van der Waals surface area contributed by atoms with Crippen molar-refractivity contribution in [1.82, 2.24) is 5.32 Å². The zero-order valence-electron chi connectivity index (χ0n) is 11.7. The van der Waals surface area contributed by atoms with Crippen LogP contribution in [-0.4, -0.2) is 49.5 Å². The summed E-state index contributed by atoms with van der Waals surface area (Å²) in [4.78, 5) is 22.4. The molecule has 7 nitrogen and oxygen atoms in total. The third-order valence-electron chi connectivity index (χ3n) is 3.20. The molecule has 0 radical (unpaired) electrons. The molecule has 2 rings (SSSR count). The highest BCUT2D eigenvalue weighted by Crippen LogP contribution is 2.10. The van der Waals surface area contributed by atoms with E-state index in [9.17, 15) is 9.59 Å². The standard InChI is InChI=1S/C14H19NO6/c16-13(12-8-10(9-21-12)14(17)18)15-4-1-5-20-11-2-6-19-7-3-11/h8-9,11H,1-7H2,(H,15,16)(H,17,18). The van der Waals surface area contributed by atoms with E-state index in [0.717, 1.165) is 32.3 Å². The average Bonchev–Trinajstić information content (AvgIpc) is 2.98. The molecule has 0 atom stereocenters. The third kappa shape index (κ3) is 4.87. The van der Waals surface area contributed by atoms with Crippen LogP contribution in [0.25, 0.3) is 0 Å². The van der Waals surface area contributed by atoms with Crippen LogP contribution in [0.1, 0.15) is 40.2 Å². The molecule has 0 bridgehead atoms. The maximum absolute atomic E-state index is 11.7. The van der Waals surface area contributed by atoms with Gasteiger partial charge in [-0.15, -0.1) is 0 Å². The summed E-state index contributed by atoms with van der Waals surface area (Å²) in [6.45, 7) is 2.51. The summed E-state index contributed by atoms with van der Waals surface area (Å²) in [5.74, 6) is -1.55. The molecule has 1 aliphatic heterocycles. The van der Waals surface area contributed by atoms with Gasteiger partial charge in [-0.2, -0.15) is 0 Å². The lowest BCUT2D eigenvalue weighted by molar-refractivity contribution is -0.0321. The molecule has 0 saturated carbocycles. The molecule has 7 heteroatoms. The van der Waals surface area contributed by atoms with E-state index in [4.69, 9.17) is 19.0 Å². The smallest absolute Gasteiger partial charge is 0.338 e. The van der Waals surface area contributed by atoms with Crippen molar-refractivity contribution in [2.75, 3.05) is 26.4 Å². The molecule has 1 aliphatic rings. The number of amides is 1. The predicted molar refractivity (Wildman–Crippen MR) is 72.4 cm³/mol. The summed E-state index contributed by atoms with van der Waals surface area (Å²) in [7, 11) is 0. The second-order valence-corrected chi connectivity index (χ2v) is 4.80. The molecule has 0 unspecified atom stereocenters. The van der Waals surface area contributed by atoms with Gasteiger partial charge in [0.15, 0.2) is 5.76 Å². The zero-order valence-corrected chi connectivity index (χ0v) is 11.7. The van der Waals surface area contributed by atoms with Gasteiger partial charge in [-0.05, 0) is 19.3 Å². The van der Waals surface area contributed by atoms with Crippen molar-refractivity contribution >= 4 is 11.9 Å². The Hall–Kier alpha value is -1.86. The minimum atomic E-state index is -1.12. The first-order valence-corrected chi connectivity index (χ1v) is 6.96. The molecular formula is C14H19NO6. The van der Waals surface area contributed by atoms with E-state index in [1.165, 1.54) is 6.07 Å². The number of furan rings is 1. The van der Waals surface area contributed by atoms with Crippen molar-refractivity contribution in [2.24, 2.45) is 0 Å². The van der Waals surface area contributed by atoms with E-state index >= 15 is 0 Å². The Balaban J connectivity index is 1.61. The Morgan fingerprint density at radius 2 is 2.14 bits per heavy atom. The number of hydrogen-bond acceptors (Lipinski definition) is 5. The van der Waals surface area contributed by atoms with Crippen LogP contribution in [0.5, 0.6) is 0 Å². The topological polar surface area (TPSA) is 98.0 Å². The van der Waals surface area contributed by atoms with E-state index in [1.807, 2.05) is 0 Å². The lowest BCUT2D eigenvalue weighted by atomic mass is 10.1. The molecule has 1 aromatic rings. The lowest BCUT2D eigenvalue weighted by Gasteiger charge is -2.22. The van der Waals surface area contributed by atoms with Gasteiger partial charge in [-0.1, -0.05) is 0 Å². The van der Waals surface area contributed by atoms with Gasteiger partial charge in [0, 0.05) is 32.4 Å². The lowest BCUT2D eigenvalue weighted by Crippen LogP contribution is -2.27. The SMILES string of the molecule is O=C(O)c1coc(C(=O)NCCCOC2CCOCC2)c1. The molecule has 0 aliphatic carbocycles. The second kappa shape index (κ2) is 7.80. The maximum atomic E-state index is 11.7. The number of hydrogen-bond donors (Lipinski definition) is 2. The number of nitrogens with one attached hydrogen (secondary N) is 1. The minimum Gasteiger partial charge on any atom is -0.478 e. The normalized spacial score (nSPS) is 15.8. The zero-order chi connectivity index (χ0) is 15.1. The molecule has 116 valence electrons. The van der Waals surface area contributed by atoms with Gasteiger partial charge in [0.1, 0.15) is 6.26 Å². The summed E-state index contributed by atoms with van der Waals surface area (Å²) in [6.07, 6.45) is 3.81. The fourth-order valence-corrected chi connectivity index (χ4v) is 2.02. The fourth-order valence-electron chi connectivity index (χ4n) is 2.02. The molecule has 1 fully saturated rings. The maximum Gasteiger partial charge on any atom is 0.338 e. The number of aromatic carboxylic acids is 1. The molecule has 2 N–H and O–H groups in total. The summed E-state index contributed by atoms with van der Waals surface area (Å²) in [5.41, 5.74) is -0.0389. The van der Waals surface area contributed by atoms with E-state index in [0.29, 0.717) is 19.6 Å². The Morgan fingerprint density at radius 1 is 1.38 bits per heavy atom. The summed E-state index contributed by atoms with van der Waals surface area (Å²) in [5, 5.41) is 11.4. The first-order valence-electron chi connectivity index (χ1n) is 6.96. The van der Waals surface area contributed by atoms with E-state index in [2.05, 4.69) is 5.32 Å². The van der Waals surface area contributed by atoms with Crippen LogP contribution in [0.3, 0.4) is 0 Å². The van der Waals surface area contributed by atoms with E-state index in [1.54, 1.807) is 0 Å². The monoisotopic (exact) mass is 297 g/mol. The van der Waals surface area contributed by atoms with Crippen LogP contribution in [0.4, 0.5) is 0 Å². The molecule has 1 amide bonds. The van der Waals surface area contributed by atoms with Crippen LogP contribution in [0, 0.1) is 0 Å². The fraction of sp³-hybridized carbons (Fsp3) is 0.571. The molecular weight excluding hydrogens is 278 g/mol. The van der Waals surface area contributed by atoms with Gasteiger partial charge in [-0.3, -0.25) is 4.79 Å². The minimum absolute atomic E-state index is 0.00209. The summed E-state index contributed by atoms with van der Waals surface area (Å²) < 4.78 is 15.8. The highest BCUT2D eigenvalue weighted by molar-refractivity contribution is 5.95. The van der Waals surface area contributed by atoms with Crippen molar-refractivity contribution < 1.29 is 28.6 Å². The van der Waals surface area contributed by atoms with Crippen LogP contribution in [-0.2, 0) is 9.47 Å². The molecule has 1 aromatic heterocycles. The largest absolute Gasteiger partial charge is 0.478 e. The first kappa shape index (κ1) is 15.5. The number of carbonyl (C=O) groups is 2. The number of carboxylic acid groups (broad SMARTS) is 1. The van der Waals surface area contributed by atoms with Gasteiger partial charge in [-0.25, -0.2) is 4.79 Å². The van der Waals surface area contributed by atoms with Crippen molar-refractivity contribution in [3.8, 4) is 0 Å². The van der Waals surface area contributed by atoms with Crippen molar-refractivity contribution in [3.05, 3.63) is 23.7 Å². The Kier molecular flexibility index (Phi) is 5.77. The van der Waals surface area contributed by atoms with Crippen LogP contribution in [0.15, 0.2) is 16.7 Å². The third-order valence-corrected chi connectivity index (χ3v) is 3.20. The number of rotatable bonds is 7. The average molecular weight is 297 g/mol. The number of ether oxygens (including phenoxy) is 2. The van der Waals surface area contributed by atoms with Crippen LogP contribution in [0.2, 0.25) is 0 Å². The van der Waals surface area contributed by atoms with Crippen molar-refractivity contribution in [3.63, 3.8) is 0 Å². The van der Waals surface area contributed by atoms with Crippen molar-refractivity contribution in [1.29, 1.82) is 0 Å². The van der Waals surface area contributed by atoms with Gasteiger partial charge in [0.2, 0.25) is 0 Å². The predicted octanol–water partition coefficient (Wildman–Crippen LogP) is 1.29. The van der Waals surface area contributed by atoms with Gasteiger partial charge in [0.25, 0.3) is 5.91 Å². The first-order chi connectivity index (χ1) is 10.2. The highest BCUT2D eigenvalue weighted by Gasteiger charge is 2.15. The van der Waals surface area contributed by atoms with Gasteiger partial charge >= 0.3 is 5.97 Å². The second-order valence-electron chi connectivity index (χ2n) is 4.80. The molecule has 0 spiro atoms. The van der Waals surface area contributed by atoms with E-state index in [-0.39, 0.29) is 17.4 Å². The molecule has 0 aromatic carbocycles. The number of carboxylic acids is 1. The van der Waals surface area contributed by atoms with Crippen LogP contribution >= 0.6 is 0 Å².